The minimum absolute atomic E-state index is 0.260. The molecule has 0 radical (unpaired) electrons. The molecule has 1 saturated carbocycles. The summed E-state index contributed by atoms with van der Waals surface area (Å²) in [4.78, 5) is 1.17. The molecule has 2 rings (SSSR count). The Kier molecular flexibility index (Phi) is 5.59. The molecule has 0 aliphatic heterocycles. The lowest BCUT2D eigenvalue weighted by molar-refractivity contribution is 0.0279. The number of aliphatic hydroxyl groups excluding tert-OH is 2. The Morgan fingerprint density at radius 2 is 2.22 bits per heavy atom. The first-order chi connectivity index (χ1) is 8.75. The van der Waals surface area contributed by atoms with Crippen molar-refractivity contribution < 1.29 is 14.9 Å². The Labute approximate surface area is 112 Å². The Balaban J connectivity index is 1.48. The molecule has 1 aromatic rings. The van der Waals surface area contributed by atoms with Crippen molar-refractivity contribution in [2.45, 2.75) is 31.7 Å². The predicted octanol–water partition coefficient (Wildman–Crippen LogP) is 0.986. The van der Waals surface area contributed by atoms with Crippen LogP contribution in [0.4, 0.5) is 0 Å². The van der Waals surface area contributed by atoms with E-state index in [4.69, 9.17) is 4.74 Å². The Bertz CT molecular complexity index is 327. The van der Waals surface area contributed by atoms with Gasteiger partial charge in [-0.1, -0.05) is 6.07 Å². The molecule has 1 fully saturated rings. The molecule has 0 bridgehead atoms. The van der Waals surface area contributed by atoms with Crippen LogP contribution in [0.1, 0.15) is 17.7 Å². The van der Waals surface area contributed by atoms with E-state index in [0.717, 1.165) is 12.8 Å². The van der Waals surface area contributed by atoms with E-state index in [1.165, 1.54) is 4.88 Å². The van der Waals surface area contributed by atoms with Crippen LogP contribution >= 0.6 is 11.3 Å². The summed E-state index contributed by atoms with van der Waals surface area (Å²) in [6, 6.07) is 4.00. The van der Waals surface area contributed by atoms with Crippen LogP contribution in [-0.2, 0) is 11.3 Å². The quantitative estimate of drug-likeness (QED) is 0.627. The number of ether oxygens (including phenoxy) is 1. The van der Waals surface area contributed by atoms with Gasteiger partial charge in [-0.2, -0.15) is 0 Å². The first-order valence-corrected chi connectivity index (χ1v) is 7.30. The molecule has 4 nitrogen and oxygen atoms in total. The first-order valence-electron chi connectivity index (χ1n) is 6.42. The highest BCUT2D eigenvalue weighted by Crippen LogP contribution is 2.32. The second-order valence-corrected chi connectivity index (χ2v) is 5.84. The van der Waals surface area contributed by atoms with Crippen LogP contribution < -0.4 is 5.32 Å². The van der Waals surface area contributed by atoms with Gasteiger partial charge >= 0.3 is 0 Å². The monoisotopic (exact) mass is 271 g/mol. The lowest BCUT2D eigenvalue weighted by atomic mass is 10.2. The Hall–Kier alpha value is -0.460. The van der Waals surface area contributed by atoms with E-state index in [-0.39, 0.29) is 6.10 Å². The topological polar surface area (TPSA) is 61.7 Å². The fourth-order valence-electron chi connectivity index (χ4n) is 1.79. The lowest BCUT2D eigenvalue weighted by Crippen LogP contribution is -2.35. The molecule has 0 spiro atoms. The number of aliphatic hydroxyl groups is 2. The van der Waals surface area contributed by atoms with E-state index in [9.17, 15) is 10.2 Å². The highest BCUT2D eigenvalue weighted by molar-refractivity contribution is 7.09. The van der Waals surface area contributed by atoms with Crippen LogP contribution in [0.5, 0.6) is 0 Å². The summed E-state index contributed by atoms with van der Waals surface area (Å²) in [5.41, 5.74) is 0. The van der Waals surface area contributed by atoms with Crippen molar-refractivity contribution in [3.05, 3.63) is 22.4 Å². The third-order valence-corrected chi connectivity index (χ3v) is 3.88. The third kappa shape index (κ3) is 5.04. The van der Waals surface area contributed by atoms with E-state index < -0.39 is 6.10 Å². The second-order valence-electron chi connectivity index (χ2n) is 4.81. The first kappa shape index (κ1) is 14.0. The standard InChI is InChI=1S/C13H21NO3S/c15-11(6-14-7-13(16)10-3-4-10)8-17-9-12-2-1-5-18-12/h1-2,5,10-11,13-16H,3-4,6-9H2. The van der Waals surface area contributed by atoms with Crippen LogP contribution in [0, 0.1) is 5.92 Å². The Morgan fingerprint density at radius 3 is 2.89 bits per heavy atom. The summed E-state index contributed by atoms with van der Waals surface area (Å²) >= 11 is 1.65. The SMILES string of the molecule is OC(CNCC(O)C1CC1)COCc1cccs1. The van der Waals surface area contributed by atoms with E-state index in [1.807, 2.05) is 17.5 Å². The fraction of sp³-hybridized carbons (Fsp3) is 0.692. The molecule has 1 aliphatic carbocycles. The van der Waals surface area contributed by atoms with Gasteiger partial charge in [0.25, 0.3) is 0 Å². The van der Waals surface area contributed by atoms with Crippen LogP contribution in [0.3, 0.4) is 0 Å². The average Bonchev–Trinajstić information content (AvgIpc) is 3.08. The van der Waals surface area contributed by atoms with E-state index in [0.29, 0.717) is 32.2 Å². The zero-order valence-electron chi connectivity index (χ0n) is 10.4. The number of rotatable bonds is 9. The number of thiophene rings is 1. The van der Waals surface area contributed by atoms with E-state index >= 15 is 0 Å². The van der Waals surface area contributed by atoms with Crippen molar-refractivity contribution in [3.63, 3.8) is 0 Å². The maximum absolute atomic E-state index is 9.68. The normalized spacial score (nSPS) is 18.8. The maximum atomic E-state index is 9.68. The van der Waals surface area contributed by atoms with Crippen molar-refractivity contribution in [3.8, 4) is 0 Å². The van der Waals surface area contributed by atoms with Gasteiger partial charge in [0.15, 0.2) is 0 Å². The number of nitrogens with one attached hydrogen (secondary N) is 1. The van der Waals surface area contributed by atoms with Crippen molar-refractivity contribution in [1.82, 2.24) is 5.32 Å². The molecule has 0 aromatic carbocycles. The molecule has 1 aromatic heterocycles. The van der Waals surface area contributed by atoms with Gasteiger partial charge in [-0.15, -0.1) is 11.3 Å². The van der Waals surface area contributed by atoms with Gasteiger partial charge in [0.2, 0.25) is 0 Å². The van der Waals surface area contributed by atoms with Gasteiger partial charge in [-0.3, -0.25) is 0 Å². The summed E-state index contributed by atoms with van der Waals surface area (Å²) in [6.07, 6.45) is 1.49. The molecule has 1 aliphatic rings. The van der Waals surface area contributed by atoms with Crippen LogP contribution in [0.15, 0.2) is 17.5 Å². The highest BCUT2D eigenvalue weighted by atomic mass is 32.1. The summed E-state index contributed by atoms with van der Waals surface area (Å²) in [6.45, 7) is 1.91. The average molecular weight is 271 g/mol. The molecule has 5 heteroatoms. The van der Waals surface area contributed by atoms with Crippen LogP contribution in [0.25, 0.3) is 0 Å². The third-order valence-electron chi connectivity index (χ3n) is 3.03. The molecule has 1 heterocycles. The Morgan fingerprint density at radius 1 is 1.39 bits per heavy atom. The van der Waals surface area contributed by atoms with Gasteiger partial charge in [0, 0.05) is 18.0 Å². The minimum Gasteiger partial charge on any atom is -0.392 e. The van der Waals surface area contributed by atoms with Crippen LogP contribution in [0.2, 0.25) is 0 Å². The van der Waals surface area contributed by atoms with Crippen molar-refractivity contribution in [2.24, 2.45) is 5.92 Å². The highest BCUT2D eigenvalue weighted by Gasteiger charge is 2.29. The molecule has 2 atom stereocenters. The summed E-state index contributed by atoms with van der Waals surface area (Å²) in [5.74, 6) is 0.477. The fourth-order valence-corrected chi connectivity index (χ4v) is 2.44. The van der Waals surface area contributed by atoms with Gasteiger partial charge in [-0.05, 0) is 30.2 Å². The largest absolute Gasteiger partial charge is 0.392 e. The second kappa shape index (κ2) is 7.21. The summed E-state index contributed by atoms with van der Waals surface area (Å²) in [7, 11) is 0. The van der Waals surface area contributed by atoms with Crippen molar-refractivity contribution in [1.29, 1.82) is 0 Å². The maximum Gasteiger partial charge on any atom is 0.0897 e. The number of hydrogen-bond acceptors (Lipinski definition) is 5. The molecular formula is C13H21NO3S. The molecular weight excluding hydrogens is 250 g/mol. The molecule has 0 amide bonds. The molecule has 102 valence electrons. The predicted molar refractivity (Wildman–Crippen MR) is 71.6 cm³/mol. The van der Waals surface area contributed by atoms with E-state index in [2.05, 4.69) is 5.32 Å². The molecule has 2 unspecified atom stereocenters. The van der Waals surface area contributed by atoms with Gasteiger partial charge < -0.3 is 20.3 Å². The van der Waals surface area contributed by atoms with Crippen molar-refractivity contribution in [2.75, 3.05) is 19.7 Å². The minimum atomic E-state index is -0.517. The zero-order valence-corrected chi connectivity index (χ0v) is 11.2. The van der Waals surface area contributed by atoms with Gasteiger partial charge in [0.05, 0.1) is 25.4 Å². The number of hydrogen-bond donors (Lipinski definition) is 3. The van der Waals surface area contributed by atoms with E-state index in [1.54, 1.807) is 11.3 Å². The summed E-state index contributed by atoms with van der Waals surface area (Å²) in [5, 5.41) is 24.4. The van der Waals surface area contributed by atoms with Crippen molar-refractivity contribution >= 4 is 11.3 Å². The smallest absolute Gasteiger partial charge is 0.0897 e. The molecule has 3 N–H and O–H groups in total. The lowest BCUT2D eigenvalue weighted by Gasteiger charge is -2.14. The molecule has 18 heavy (non-hydrogen) atoms. The van der Waals surface area contributed by atoms with Gasteiger partial charge in [0.1, 0.15) is 0 Å². The zero-order chi connectivity index (χ0) is 12.8. The van der Waals surface area contributed by atoms with Gasteiger partial charge in [-0.25, -0.2) is 0 Å². The van der Waals surface area contributed by atoms with Crippen LogP contribution in [-0.4, -0.2) is 42.1 Å². The molecule has 0 saturated heterocycles. The summed E-state index contributed by atoms with van der Waals surface area (Å²) < 4.78 is 5.42.